The van der Waals surface area contributed by atoms with E-state index >= 15 is 0 Å². The molecule has 3 heterocycles. The molecule has 1 N–H and O–H groups in total. The smallest absolute Gasteiger partial charge is 0.253 e. The predicted octanol–water partition coefficient (Wildman–Crippen LogP) is 10.6. The molecule has 7 aromatic rings. The van der Waals surface area contributed by atoms with E-state index in [4.69, 9.17) is 4.98 Å². The number of benzene rings is 4. The molecule has 0 saturated carbocycles. The number of thiazole rings is 2. The summed E-state index contributed by atoms with van der Waals surface area (Å²) < 4.78 is 0. The molecule has 3 aromatic heterocycles. The average molecular weight is 824 g/mol. The van der Waals surface area contributed by atoms with Crippen LogP contribution in [-0.2, 0) is 29.1 Å². The van der Waals surface area contributed by atoms with Gasteiger partial charge in [0, 0.05) is 30.9 Å². The molecule has 11 heteroatoms. The molecule has 0 saturated heterocycles. The Labute approximate surface area is 351 Å². The summed E-state index contributed by atoms with van der Waals surface area (Å²) in [4.78, 5) is 55.5. The van der Waals surface area contributed by atoms with Crippen LogP contribution >= 0.6 is 34.0 Å². The third-order valence-electron chi connectivity index (χ3n) is 9.72. The maximum absolute atomic E-state index is 14.1. The van der Waals surface area contributed by atoms with Crippen LogP contribution in [0.4, 0.5) is 0 Å². The molecule has 0 aliphatic rings. The summed E-state index contributed by atoms with van der Waals surface area (Å²) in [5.41, 5.74) is 6.66. The molecule has 0 spiro atoms. The van der Waals surface area contributed by atoms with E-state index in [-0.39, 0.29) is 17.7 Å². The summed E-state index contributed by atoms with van der Waals surface area (Å²) in [6, 6.07) is 37.2. The van der Waals surface area contributed by atoms with Crippen LogP contribution < -0.4 is 5.32 Å². The molecule has 0 aliphatic heterocycles. The number of carbonyl (C=O) groups is 3. The highest BCUT2D eigenvalue weighted by Crippen LogP contribution is 2.32. The Balaban J connectivity index is 0.987. The second-order valence-corrected chi connectivity index (χ2v) is 17.0. The topological polar surface area (TPSA) is 95.5 Å². The first-order valence-electron chi connectivity index (χ1n) is 19.5. The first-order chi connectivity index (χ1) is 28.4. The minimum Gasteiger partial charge on any atom is -0.336 e. The van der Waals surface area contributed by atoms with E-state index in [2.05, 4.69) is 65.8 Å². The Morgan fingerprint density at radius 3 is 1.69 bits per heavy atom. The highest BCUT2D eigenvalue weighted by Gasteiger charge is 2.28. The SMILES string of the molecule is CCCN(Cc1ncc(-c2ccc(-c3ccc(-c4cnc(CN(CCC)C(=O)[C@@H](NC(=O)c5ccsc5)c5ccccc5)s4)cc3)cc2)s1)C(=O)Cc1ccccc1. The monoisotopic (exact) mass is 823 g/mol. The number of carbonyl (C=O) groups excluding carboxylic acids is 3. The summed E-state index contributed by atoms with van der Waals surface area (Å²) in [7, 11) is 0. The van der Waals surface area contributed by atoms with E-state index in [0.717, 1.165) is 66.0 Å². The van der Waals surface area contributed by atoms with E-state index < -0.39 is 6.04 Å². The van der Waals surface area contributed by atoms with Crippen LogP contribution in [0.5, 0.6) is 0 Å². The first kappa shape index (κ1) is 40.4. The maximum atomic E-state index is 14.1. The summed E-state index contributed by atoms with van der Waals surface area (Å²) in [6.45, 7) is 6.23. The van der Waals surface area contributed by atoms with E-state index in [0.29, 0.717) is 38.2 Å². The van der Waals surface area contributed by atoms with Gasteiger partial charge in [-0.2, -0.15) is 11.3 Å². The summed E-state index contributed by atoms with van der Waals surface area (Å²) in [6.07, 6.45) is 5.83. The predicted molar refractivity (Wildman–Crippen MR) is 237 cm³/mol. The van der Waals surface area contributed by atoms with Crippen molar-refractivity contribution in [3.63, 3.8) is 0 Å². The minimum absolute atomic E-state index is 0.118. The Morgan fingerprint density at radius 1 is 0.638 bits per heavy atom. The number of rotatable bonds is 17. The lowest BCUT2D eigenvalue weighted by Crippen LogP contribution is -2.43. The van der Waals surface area contributed by atoms with E-state index in [1.54, 1.807) is 39.0 Å². The lowest BCUT2D eigenvalue weighted by molar-refractivity contribution is -0.134. The van der Waals surface area contributed by atoms with Crippen molar-refractivity contribution in [3.8, 4) is 32.0 Å². The van der Waals surface area contributed by atoms with Gasteiger partial charge in [0.15, 0.2) is 0 Å². The van der Waals surface area contributed by atoms with Crippen molar-refractivity contribution in [2.45, 2.75) is 52.2 Å². The zero-order chi connectivity index (χ0) is 40.3. The number of nitrogens with one attached hydrogen (secondary N) is 1. The molecule has 0 fully saturated rings. The normalized spacial score (nSPS) is 11.6. The molecule has 8 nitrogen and oxygen atoms in total. The highest BCUT2D eigenvalue weighted by atomic mass is 32.1. The second kappa shape index (κ2) is 19.6. The van der Waals surface area contributed by atoms with Crippen molar-refractivity contribution in [1.82, 2.24) is 25.1 Å². The van der Waals surface area contributed by atoms with Gasteiger partial charge in [0.1, 0.15) is 16.1 Å². The lowest BCUT2D eigenvalue weighted by Gasteiger charge is -2.27. The van der Waals surface area contributed by atoms with Crippen LogP contribution in [0.2, 0.25) is 0 Å². The number of thiophene rings is 1. The van der Waals surface area contributed by atoms with Gasteiger partial charge in [-0.3, -0.25) is 14.4 Å². The van der Waals surface area contributed by atoms with Crippen LogP contribution in [0.25, 0.3) is 32.0 Å². The number of aromatic nitrogens is 2. The standard InChI is InChI=1S/C47H45N5O3S3/c1-3-24-51(44(53)27-33-11-7-5-8-12-33)30-42-48-28-40(57-42)36-19-15-34(16-20-36)35-17-21-37(22-18-35)41-29-49-43(58-41)31-52(25-4-2)47(55)45(38-13-9-6-10-14-38)50-46(54)39-23-26-56-32-39/h5-23,26,28-29,32,45H,3-4,24-25,27,30-31H2,1-2H3,(H,50,54)/t45-/m0/s1. The molecule has 1 atom stereocenters. The molecule has 58 heavy (non-hydrogen) atoms. The van der Waals surface area contributed by atoms with Crippen molar-refractivity contribution in [3.05, 3.63) is 165 Å². The highest BCUT2D eigenvalue weighted by molar-refractivity contribution is 7.15. The number of amides is 3. The van der Waals surface area contributed by atoms with Crippen molar-refractivity contribution in [2.24, 2.45) is 0 Å². The maximum Gasteiger partial charge on any atom is 0.253 e. The van der Waals surface area contributed by atoms with Gasteiger partial charge in [-0.05, 0) is 57.7 Å². The molecule has 0 bridgehead atoms. The summed E-state index contributed by atoms with van der Waals surface area (Å²) in [5, 5.41) is 8.38. The van der Waals surface area contributed by atoms with Crippen LogP contribution in [0.3, 0.4) is 0 Å². The first-order valence-corrected chi connectivity index (χ1v) is 22.0. The number of hydrogen-bond donors (Lipinski definition) is 1. The zero-order valence-corrected chi connectivity index (χ0v) is 35.0. The molecular formula is C47H45N5O3S3. The number of hydrogen-bond acceptors (Lipinski definition) is 8. The third-order valence-corrected chi connectivity index (χ3v) is 12.5. The Kier molecular flexibility index (Phi) is 13.7. The van der Waals surface area contributed by atoms with E-state index in [9.17, 15) is 14.4 Å². The lowest BCUT2D eigenvalue weighted by atomic mass is 10.0. The largest absolute Gasteiger partial charge is 0.336 e. The van der Waals surface area contributed by atoms with Gasteiger partial charge in [-0.25, -0.2) is 9.97 Å². The van der Waals surface area contributed by atoms with E-state index in [1.165, 1.54) is 11.3 Å². The van der Waals surface area contributed by atoms with Crippen LogP contribution in [0.15, 0.2) is 138 Å². The van der Waals surface area contributed by atoms with Gasteiger partial charge in [0.2, 0.25) is 11.8 Å². The molecule has 0 radical (unpaired) electrons. The summed E-state index contributed by atoms with van der Waals surface area (Å²) in [5.74, 6) is -0.319. The van der Waals surface area contributed by atoms with Gasteiger partial charge in [0.05, 0.1) is 34.8 Å². The molecule has 294 valence electrons. The van der Waals surface area contributed by atoms with Crippen LogP contribution in [-0.4, -0.2) is 50.6 Å². The minimum atomic E-state index is -0.815. The van der Waals surface area contributed by atoms with Crippen molar-refractivity contribution in [2.75, 3.05) is 13.1 Å². The van der Waals surface area contributed by atoms with Gasteiger partial charge >= 0.3 is 0 Å². The van der Waals surface area contributed by atoms with E-state index in [1.807, 2.05) is 90.3 Å². The fourth-order valence-electron chi connectivity index (χ4n) is 6.72. The zero-order valence-electron chi connectivity index (χ0n) is 32.5. The molecular weight excluding hydrogens is 779 g/mol. The Morgan fingerprint density at radius 2 is 1.16 bits per heavy atom. The molecule has 3 amide bonds. The fourth-order valence-corrected chi connectivity index (χ4v) is 9.23. The van der Waals surface area contributed by atoms with Gasteiger partial charge in [0.25, 0.3) is 5.91 Å². The van der Waals surface area contributed by atoms with Gasteiger partial charge < -0.3 is 15.1 Å². The second-order valence-electron chi connectivity index (χ2n) is 14.0. The molecule has 4 aromatic carbocycles. The van der Waals surface area contributed by atoms with Crippen molar-refractivity contribution < 1.29 is 14.4 Å². The van der Waals surface area contributed by atoms with Gasteiger partial charge in [-0.15, -0.1) is 22.7 Å². The van der Waals surface area contributed by atoms with Crippen LogP contribution in [0, 0.1) is 0 Å². The fraction of sp³-hybridized carbons (Fsp3) is 0.213. The summed E-state index contributed by atoms with van der Waals surface area (Å²) >= 11 is 4.64. The van der Waals surface area contributed by atoms with Crippen molar-refractivity contribution in [1.29, 1.82) is 0 Å². The molecule has 0 unspecified atom stereocenters. The van der Waals surface area contributed by atoms with Crippen molar-refractivity contribution >= 4 is 51.7 Å². The number of nitrogens with zero attached hydrogens (tertiary/aromatic N) is 4. The molecule has 7 rings (SSSR count). The quantitative estimate of drug-likeness (QED) is 0.0987. The third kappa shape index (κ3) is 10.2. The Hall–Kier alpha value is -5.75. The Bertz CT molecular complexity index is 2390. The van der Waals surface area contributed by atoms with Gasteiger partial charge in [-0.1, -0.05) is 123 Å². The van der Waals surface area contributed by atoms with Crippen LogP contribution in [0.1, 0.15) is 64.2 Å². The molecule has 0 aliphatic carbocycles. The average Bonchev–Trinajstić information content (AvgIpc) is 4.07.